The zero-order valence-electron chi connectivity index (χ0n) is 21.5. The summed E-state index contributed by atoms with van der Waals surface area (Å²) in [6.07, 6.45) is -2.99. The molecule has 40 heavy (non-hydrogen) atoms. The van der Waals surface area contributed by atoms with E-state index < -0.39 is 17.8 Å². The number of piperazine rings is 1. The van der Waals surface area contributed by atoms with E-state index in [9.17, 15) is 22.8 Å². The highest BCUT2D eigenvalue weighted by Crippen LogP contribution is 2.28. The molecular weight excluding hydrogens is 525 g/mol. The van der Waals surface area contributed by atoms with Gasteiger partial charge in [0.1, 0.15) is 6.10 Å². The zero-order valence-corrected chi connectivity index (χ0v) is 21.5. The number of fused-ring (bicyclic) bond motifs is 1. The fourth-order valence-corrected chi connectivity index (χ4v) is 4.64. The number of carbonyl (C=O) groups excluding carboxylic acids is 1. The number of halogens is 3. The second kappa shape index (κ2) is 11.8. The monoisotopic (exact) mass is 552 g/mol. The third-order valence-electron chi connectivity index (χ3n) is 6.83. The number of amides is 1. The molecule has 2 aromatic heterocycles. The van der Waals surface area contributed by atoms with Gasteiger partial charge in [0.25, 0.3) is 11.5 Å². The minimum atomic E-state index is -4.50. The van der Waals surface area contributed by atoms with Crippen LogP contribution < -0.4 is 10.5 Å². The number of H-pyrrole nitrogens is 1. The van der Waals surface area contributed by atoms with Crippen molar-refractivity contribution in [3.8, 4) is 0 Å². The Labute approximate surface area is 227 Å². The molecule has 4 aromatic rings. The van der Waals surface area contributed by atoms with E-state index in [2.05, 4.69) is 20.2 Å². The van der Waals surface area contributed by atoms with Crippen LogP contribution in [0.2, 0.25) is 0 Å². The van der Waals surface area contributed by atoms with Gasteiger partial charge in [-0.2, -0.15) is 18.3 Å². The molecule has 1 saturated heterocycles. The van der Waals surface area contributed by atoms with Gasteiger partial charge in [0.2, 0.25) is 5.95 Å². The number of aromatic nitrogens is 4. The van der Waals surface area contributed by atoms with Crippen LogP contribution in [0.1, 0.15) is 23.2 Å². The fraction of sp³-hybridized carbons (Fsp3) is 0.321. The molecule has 1 fully saturated rings. The van der Waals surface area contributed by atoms with Crippen LogP contribution >= 0.6 is 0 Å². The number of aryl methyl sites for hydroxylation is 1. The molecule has 208 valence electrons. The van der Waals surface area contributed by atoms with Crippen LogP contribution in [-0.4, -0.2) is 63.3 Å². The van der Waals surface area contributed by atoms with Crippen LogP contribution in [0.25, 0.3) is 10.8 Å². The molecule has 1 amide bonds. The van der Waals surface area contributed by atoms with E-state index >= 15 is 0 Å². The number of aromatic amines is 1. The highest BCUT2D eigenvalue weighted by molar-refractivity contribution is 5.84. The lowest BCUT2D eigenvalue weighted by Gasteiger charge is -2.36. The highest BCUT2D eigenvalue weighted by Gasteiger charge is 2.32. The quantitative estimate of drug-likeness (QED) is 0.356. The van der Waals surface area contributed by atoms with E-state index in [1.54, 1.807) is 21.9 Å². The van der Waals surface area contributed by atoms with E-state index in [4.69, 9.17) is 4.74 Å². The number of nitrogens with zero attached hydrogens (tertiary/aromatic N) is 5. The zero-order chi connectivity index (χ0) is 28.1. The number of hydrogen-bond donors (Lipinski definition) is 1. The number of ether oxygens (including phenoxy) is 1. The molecule has 0 aliphatic carbocycles. The number of alkyl halides is 3. The SMILES string of the molecule is O=C(C(CCc1n[nH]c(=O)c2ccccc12)OCc1ccccc1)N1CCN(c2ncc(C(F)(F)F)cn2)CC1. The summed E-state index contributed by atoms with van der Waals surface area (Å²) in [6, 6.07) is 16.7. The molecule has 0 saturated carbocycles. The van der Waals surface area contributed by atoms with Gasteiger partial charge in [0.05, 0.1) is 23.3 Å². The molecule has 0 spiro atoms. The maximum atomic E-state index is 13.6. The van der Waals surface area contributed by atoms with E-state index in [0.29, 0.717) is 50.1 Å². The first kappa shape index (κ1) is 27.3. The van der Waals surface area contributed by atoms with Crippen molar-refractivity contribution in [3.63, 3.8) is 0 Å². The lowest BCUT2D eigenvalue weighted by molar-refractivity contribution is -0.145. The molecule has 1 unspecified atom stereocenters. The van der Waals surface area contributed by atoms with E-state index in [1.165, 1.54) is 0 Å². The summed E-state index contributed by atoms with van der Waals surface area (Å²) in [7, 11) is 0. The van der Waals surface area contributed by atoms with Crippen molar-refractivity contribution >= 4 is 22.6 Å². The number of rotatable bonds is 8. The highest BCUT2D eigenvalue weighted by atomic mass is 19.4. The predicted molar refractivity (Wildman–Crippen MR) is 142 cm³/mol. The van der Waals surface area contributed by atoms with Crippen molar-refractivity contribution < 1.29 is 22.7 Å². The predicted octanol–water partition coefficient (Wildman–Crippen LogP) is 3.60. The smallest absolute Gasteiger partial charge is 0.364 e. The van der Waals surface area contributed by atoms with Crippen molar-refractivity contribution in [2.75, 3.05) is 31.1 Å². The normalized spacial score (nSPS) is 14.9. The maximum Gasteiger partial charge on any atom is 0.419 e. The van der Waals surface area contributed by atoms with Crippen LogP contribution in [0, 0.1) is 0 Å². The first-order chi connectivity index (χ1) is 19.3. The first-order valence-electron chi connectivity index (χ1n) is 12.8. The molecule has 1 N–H and O–H groups in total. The summed E-state index contributed by atoms with van der Waals surface area (Å²) in [6.45, 7) is 1.67. The van der Waals surface area contributed by atoms with Crippen LogP contribution in [-0.2, 0) is 28.7 Å². The molecule has 2 aromatic carbocycles. The van der Waals surface area contributed by atoms with Gasteiger partial charge in [-0.1, -0.05) is 48.5 Å². The Morgan fingerprint density at radius 2 is 1.60 bits per heavy atom. The standard InChI is InChI=1S/C28H27F3N6O3/c29-28(30,31)20-16-32-27(33-17-20)37-14-12-36(13-15-37)26(39)24(40-18-19-6-2-1-3-7-19)11-10-23-21-8-4-5-9-22(21)25(38)35-34-23/h1-9,16-17,24H,10-15,18H2,(H,35,38). The second-order valence-electron chi connectivity index (χ2n) is 9.45. The molecule has 1 atom stereocenters. The van der Waals surface area contributed by atoms with Gasteiger partial charge < -0.3 is 14.5 Å². The second-order valence-corrected chi connectivity index (χ2v) is 9.45. The Bertz CT molecular complexity index is 1500. The largest absolute Gasteiger partial charge is 0.419 e. The van der Waals surface area contributed by atoms with Crippen LogP contribution in [0.15, 0.2) is 71.8 Å². The number of hydrogen-bond acceptors (Lipinski definition) is 7. The van der Waals surface area contributed by atoms with Gasteiger partial charge in [-0.3, -0.25) is 9.59 Å². The number of carbonyl (C=O) groups is 1. The fourth-order valence-electron chi connectivity index (χ4n) is 4.64. The third-order valence-corrected chi connectivity index (χ3v) is 6.83. The number of nitrogens with one attached hydrogen (secondary N) is 1. The minimum Gasteiger partial charge on any atom is -0.364 e. The molecule has 9 nitrogen and oxygen atoms in total. The molecule has 0 bridgehead atoms. The van der Waals surface area contributed by atoms with Crippen molar-refractivity contribution in [2.24, 2.45) is 0 Å². The number of benzene rings is 2. The Balaban J connectivity index is 1.27. The Hall–Kier alpha value is -4.32. The van der Waals surface area contributed by atoms with E-state index in [0.717, 1.165) is 23.3 Å². The summed E-state index contributed by atoms with van der Waals surface area (Å²) >= 11 is 0. The summed E-state index contributed by atoms with van der Waals surface area (Å²) in [5.74, 6) is 0.00523. The molecule has 0 radical (unpaired) electrons. The summed E-state index contributed by atoms with van der Waals surface area (Å²) in [5.41, 5.74) is 0.410. The van der Waals surface area contributed by atoms with E-state index in [-0.39, 0.29) is 24.0 Å². The minimum absolute atomic E-state index is 0.183. The van der Waals surface area contributed by atoms with Gasteiger partial charge in [0.15, 0.2) is 0 Å². The first-order valence-corrected chi connectivity index (χ1v) is 12.8. The van der Waals surface area contributed by atoms with Gasteiger partial charge in [-0.15, -0.1) is 0 Å². The topological polar surface area (TPSA) is 104 Å². The van der Waals surface area contributed by atoms with Gasteiger partial charge in [-0.25, -0.2) is 15.1 Å². The average molecular weight is 553 g/mol. The number of anilines is 1. The van der Waals surface area contributed by atoms with Gasteiger partial charge >= 0.3 is 6.18 Å². The van der Waals surface area contributed by atoms with Gasteiger partial charge in [0, 0.05) is 44.0 Å². The maximum absolute atomic E-state index is 13.6. The Kier molecular flexibility index (Phi) is 8.06. The molecular formula is C28H27F3N6O3. The van der Waals surface area contributed by atoms with Crippen molar-refractivity contribution in [1.82, 2.24) is 25.1 Å². The molecule has 1 aliphatic heterocycles. The Morgan fingerprint density at radius 3 is 2.27 bits per heavy atom. The third kappa shape index (κ3) is 6.28. The summed E-state index contributed by atoms with van der Waals surface area (Å²) < 4.78 is 44.7. The molecule has 3 heterocycles. The molecule has 1 aliphatic rings. The Morgan fingerprint density at radius 1 is 0.950 bits per heavy atom. The van der Waals surface area contributed by atoms with E-state index in [1.807, 2.05) is 42.5 Å². The van der Waals surface area contributed by atoms with Crippen molar-refractivity contribution in [1.29, 1.82) is 0 Å². The summed E-state index contributed by atoms with van der Waals surface area (Å²) in [5, 5.41) is 8.01. The van der Waals surface area contributed by atoms with Crippen LogP contribution in [0.3, 0.4) is 0 Å². The van der Waals surface area contributed by atoms with Crippen LogP contribution in [0.5, 0.6) is 0 Å². The lowest BCUT2D eigenvalue weighted by atomic mass is 10.0. The van der Waals surface area contributed by atoms with Crippen molar-refractivity contribution in [2.45, 2.75) is 31.7 Å². The van der Waals surface area contributed by atoms with Gasteiger partial charge in [-0.05, 0) is 24.5 Å². The lowest BCUT2D eigenvalue weighted by Crippen LogP contribution is -2.52. The molecule has 12 heteroatoms. The summed E-state index contributed by atoms with van der Waals surface area (Å²) in [4.78, 5) is 36.9. The average Bonchev–Trinajstić information content (AvgIpc) is 2.98. The molecule has 5 rings (SSSR count). The van der Waals surface area contributed by atoms with Crippen molar-refractivity contribution in [3.05, 3.63) is 94.2 Å². The van der Waals surface area contributed by atoms with Crippen LogP contribution in [0.4, 0.5) is 19.1 Å².